The molecule has 1 aliphatic heterocycles. The summed E-state index contributed by atoms with van der Waals surface area (Å²) in [7, 11) is 0. The molecule has 0 spiro atoms. The van der Waals surface area contributed by atoms with E-state index in [1.807, 2.05) is 18.7 Å². The van der Waals surface area contributed by atoms with Crippen LogP contribution >= 0.6 is 35.6 Å². The second kappa shape index (κ2) is 7.84. The topological polar surface area (TPSA) is 49.6 Å². The van der Waals surface area contributed by atoms with Crippen LogP contribution in [0.2, 0.25) is 10.0 Å². The lowest BCUT2D eigenvalue weighted by Gasteiger charge is -2.37. The van der Waals surface area contributed by atoms with Crippen LogP contribution in [0, 0.1) is 0 Å². The smallest absolute Gasteiger partial charge is 0.254 e. The lowest BCUT2D eigenvalue weighted by molar-refractivity contribution is 0.0616. The van der Waals surface area contributed by atoms with E-state index in [0.29, 0.717) is 28.7 Å². The van der Waals surface area contributed by atoms with Gasteiger partial charge in [-0.3, -0.25) is 9.69 Å². The third kappa shape index (κ3) is 5.60. The molecule has 1 aliphatic rings. The van der Waals surface area contributed by atoms with Crippen LogP contribution in [-0.4, -0.2) is 54.0 Å². The van der Waals surface area contributed by atoms with Crippen LogP contribution in [0.15, 0.2) is 18.2 Å². The molecule has 7 heteroatoms. The Bertz CT molecular complexity index is 503. The van der Waals surface area contributed by atoms with E-state index in [9.17, 15) is 4.79 Å². The Kier molecular flexibility index (Phi) is 6.96. The molecule has 1 saturated heterocycles. The fourth-order valence-electron chi connectivity index (χ4n) is 2.55. The molecule has 124 valence electrons. The summed E-state index contributed by atoms with van der Waals surface area (Å²) in [4.78, 5) is 16.6. The number of benzene rings is 1. The Morgan fingerprint density at radius 2 is 1.64 bits per heavy atom. The Morgan fingerprint density at radius 1 is 1.14 bits per heavy atom. The van der Waals surface area contributed by atoms with Gasteiger partial charge in [0, 0.05) is 53.9 Å². The van der Waals surface area contributed by atoms with E-state index >= 15 is 0 Å². The minimum absolute atomic E-state index is 0. The van der Waals surface area contributed by atoms with Crippen molar-refractivity contribution < 1.29 is 4.79 Å². The summed E-state index contributed by atoms with van der Waals surface area (Å²) in [5.41, 5.74) is 6.36. The van der Waals surface area contributed by atoms with Crippen molar-refractivity contribution in [3.63, 3.8) is 0 Å². The second-order valence-electron chi connectivity index (χ2n) is 6.22. The minimum atomic E-state index is -0.216. The molecule has 1 aromatic rings. The second-order valence-corrected chi connectivity index (χ2v) is 7.09. The highest BCUT2D eigenvalue weighted by atomic mass is 35.5. The van der Waals surface area contributed by atoms with Gasteiger partial charge in [-0.1, -0.05) is 23.2 Å². The van der Waals surface area contributed by atoms with E-state index in [2.05, 4.69) is 4.90 Å². The van der Waals surface area contributed by atoms with Crippen molar-refractivity contribution in [3.05, 3.63) is 33.8 Å². The maximum Gasteiger partial charge on any atom is 0.254 e. The maximum absolute atomic E-state index is 12.5. The standard InChI is InChI=1S/C15H21Cl2N3O.ClH/c1-15(2,18)10-19-3-5-20(6-4-19)14(21)11-7-12(16)9-13(17)8-11;/h7-9H,3-6,10,18H2,1-2H3;1H. The molecule has 1 aromatic carbocycles. The number of nitrogens with zero attached hydrogens (tertiary/aromatic N) is 2. The van der Waals surface area contributed by atoms with Crippen LogP contribution in [0.1, 0.15) is 24.2 Å². The Hall–Kier alpha value is -0.520. The van der Waals surface area contributed by atoms with Gasteiger partial charge in [0.15, 0.2) is 0 Å². The summed E-state index contributed by atoms with van der Waals surface area (Å²) in [5.74, 6) is -0.0222. The molecular weight excluding hydrogens is 345 g/mol. The fraction of sp³-hybridized carbons (Fsp3) is 0.533. The normalized spacial score (nSPS) is 16.3. The van der Waals surface area contributed by atoms with E-state index in [4.69, 9.17) is 28.9 Å². The zero-order valence-corrected chi connectivity index (χ0v) is 15.1. The molecule has 1 fully saturated rings. The lowest BCUT2D eigenvalue weighted by Crippen LogP contribution is -2.54. The highest BCUT2D eigenvalue weighted by molar-refractivity contribution is 6.35. The first kappa shape index (κ1) is 19.5. The average Bonchev–Trinajstić information content (AvgIpc) is 2.35. The number of hydrogen-bond donors (Lipinski definition) is 1. The molecule has 0 radical (unpaired) electrons. The van der Waals surface area contributed by atoms with Crippen molar-refractivity contribution in [2.24, 2.45) is 5.73 Å². The summed E-state index contributed by atoms with van der Waals surface area (Å²) in [5, 5.41) is 0.962. The first-order valence-corrected chi connectivity index (χ1v) is 7.77. The van der Waals surface area contributed by atoms with Crippen LogP contribution < -0.4 is 5.73 Å². The van der Waals surface area contributed by atoms with E-state index in [1.165, 1.54) is 0 Å². The molecule has 0 unspecified atom stereocenters. The zero-order valence-electron chi connectivity index (χ0n) is 12.8. The van der Waals surface area contributed by atoms with Gasteiger partial charge in [0.1, 0.15) is 0 Å². The number of piperazine rings is 1. The van der Waals surface area contributed by atoms with E-state index in [0.717, 1.165) is 19.6 Å². The summed E-state index contributed by atoms with van der Waals surface area (Å²) in [6.45, 7) is 7.91. The van der Waals surface area contributed by atoms with Crippen LogP contribution in [0.25, 0.3) is 0 Å². The highest BCUT2D eigenvalue weighted by Crippen LogP contribution is 2.20. The first-order valence-electron chi connectivity index (χ1n) is 7.01. The van der Waals surface area contributed by atoms with Crippen LogP contribution in [-0.2, 0) is 0 Å². The van der Waals surface area contributed by atoms with Gasteiger partial charge >= 0.3 is 0 Å². The van der Waals surface area contributed by atoms with Gasteiger partial charge in [-0.25, -0.2) is 0 Å². The third-order valence-corrected chi connectivity index (χ3v) is 3.84. The molecule has 2 rings (SSSR count). The van der Waals surface area contributed by atoms with Crippen molar-refractivity contribution in [1.82, 2.24) is 9.80 Å². The van der Waals surface area contributed by atoms with Gasteiger partial charge in [-0.15, -0.1) is 12.4 Å². The molecule has 22 heavy (non-hydrogen) atoms. The predicted octanol–water partition coefficient (Wildman–Crippen LogP) is 2.91. The predicted molar refractivity (Wildman–Crippen MR) is 94.3 cm³/mol. The molecule has 0 aromatic heterocycles. The van der Waals surface area contributed by atoms with Crippen LogP contribution in [0.3, 0.4) is 0 Å². The van der Waals surface area contributed by atoms with Gasteiger partial charge in [-0.05, 0) is 32.0 Å². The van der Waals surface area contributed by atoms with Crippen molar-refractivity contribution in [2.45, 2.75) is 19.4 Å². The average molecular weight is 367 g/mol. The van der Waals surface area contributed by atoms with Crippen molar-refractivity contribution in [3.8, 4) is 0 Å². The molecular formula is C15H22Cl3N3O. The van der Waals surface area contributed by atoms with Crippen molar-refractivity contribution in [2.75, 3.05) is 32.7 Å². The summed E-state index contributed by atoms with van der Waals surface area (Å²) in [6.07, 6.45) is 0. The largest absolute Gasteiger partial charge is 0.336 e. The molecule has 4 nitrogen and oxygen atoms in total. The minimum Gasteiger partial charge on any atom is -0.336 e. The van der Waals surface area contributed by atoms with E-state index < -0.39 is 0 Å². The molecule has 1 amide bonds. The highest BCUT2D eigenvalue weighted by Gasteiger charge is 2.25. The number of hydrogen-bond acceptors (Lipinski definition) is 3. The van der Waals surface area contributed by atoms with Gasteiger partial charge < -0.3 is 10.6 Å². The van der Waals surface area contributed by atoms with Gasteiger partial charge in [0.05, 0.1) is 0 Å². The van der Waals surface area contributed by atoms with Crippen molar-refractivity contribution >= 4 is 41.5 Å². The monoisotopic (exact) mass is 365 g/mol. The van der Waals surface area contributed by atoms with Crippen LogP contribution in [0.5, 0.6) is 0 Å². The Labute approximate surface area is 147 Å². The van der Waals surface area contributed by atoms with E-state index in [-0.39, 0.29) is 23.9 Å². The molecule has 1 heterocycles. The summed E-state index contributed by atoms with van der Waals surface area (Å²) < 4.78 is 0. The van der Waals surface area contributed by atoms with Crippen LogP contribution in [0.4, 0.5) is 0 Å². The number of carbonyl (C=O) groups excluding carboxylic acids is 1. The summed E-state index contributed by atoms with van der Waals surface area (Å²) >= 11 is 11.9. The first-order chi connectivity index (χ1) is 9.74. The number of rotatable bonds is 3. The van der Waals surface area contributed by atoms with Gasteiger partial charge in [0.2, 0.25) is 0 Å². The third-order valence-electron chi connectivity index (χ3n) is 3.40. The number of nitrogens with two attached hydrogens (primary N) is 1. The molecule has 0 atom stereocenters. The zero-order chi connectivity index (χ0) is 15.6. The lowest BCUT2D eigenvalue weighted by atomic mass is 10.1. The fourth-order valence-corrected chi connectivity index (χ4v) is 3.07. The molecule has 2 N–H and O–H groups in total. The molecule has 0 aliphatic carbocycles. The molecule has 0 bridgehead atoms. The molecule has 0 saturated carbocycles. The SMILES string of the molecule is CC(C)(N)CN1CCN(C(=O)c2cc(Cl)cc(Cl)c2)CC1.Cl. The maximum atomic E-state index is 12.5. The summed E-state index contributed by atoms with van der Waals surface area (Å²) in [6, 6.07) is 4.94. The quantitative estimate of drug-likeness (QED) is 0.895. The number of halogens is 3. The number of carbonyl (C=O) groups is 1. The van der Waals surface area contributed by atoms with Gasteiger partial charge in [-0.2, -0.15) is 0 Å². The Morgan fingerprint density at radius 3 is 2.09 bits per heavy atom. The number of amides is 1. The van der Waals surface area contributed by atoms with Gasteiger partial charge in [0.25, 0.3) is 5.91 Å². The van der Waals surface area contributed by atoms with E-state index in [1.54, 1.807) is 18.2 Å². The Balaban J connectivity index is 0.00000242. The van der Waals surface area contributed by atoms with Crippen molar-refractivity contribution in [1.29, 1.82) is 0 Å².